The molecule has 0 aliphatic carbocycles. The van der Waals surface area contributed by atoms with Crippen molar-refractivity contribution in [2.45, 2.75) is 91.0 Å². The van der Waals surface area contributed by atoms with Crippen molar-refractivity contribution in [3.05, 3.63) is 12.2 Å². The lowest BCUT2D eigenvalue weighted by Gasteiger charge is -2.37. The molecule has 20 heavy (non-hydrogen) atoms. The predicted molar refractivity (Wildman–Crippen MR) is 93.4 cm³/mol. The molecule has 0 N–H and O–H groups in total. The fourth-order valence-corrected chi connectivity index (χ4v) is 2.90. The van der Waals surface area contributed by atoms with Gasteiger partial charge in [0.15, 0.2) is 8.32 Å². The molecule has 0 aromatic heterocycles. The normalized spacial score (nSPS) is 14.2. The molecule has 0 fully saturated rings. The molecular formula is C18H34OSi. The highest BCUT2D eigenvalue weighted by Crippen LogP contribution is 2.37. The minimum atomic E-state index is -1.72. The average Bonchev–Trinajstić information content (AvgIpc) is 2.32. The first kappa shape index (κ1) is 19.5. The summed E-state index contributed by atoms with van der Waals surface area (Å²) in [7, 11) is -1.72. The quantitative estimate of drug-likeness (QED) is 0.233. The summed E-state index contributed by atoms with van der Waals surface area (Å²) in [5, 5.41) is 0.242. The molecule has 0 rings (SSSR count). The highest BCUT2D eigenvalue weighted by atomic mass is 28.4. The molecule has 1 nitrogen and oxygen atoms in total. The lowest BCUT2D eigenvalue weighted by atomic mass is 10.2. The van der Waals surface area contributed by atoms with Crippen molar-refractivity contribution in [3.8, 4) is 11.8 Å². The van der Waals surface area contributed by atoms with Crippen LogP contribution in [0.5, 0.6) is 0 Å². The van der Waals surface area contributed by atoms with E-state index in [2.05, 4.69) is 64.8 Å². The van der Waals surface area contributed by atoms with Crippen molar-refractivity contribution in [2.24, 2.45) is 0 Å². The first-order valence-electron chi connectivity index (χ1n) is 7.99. The van der Waals surface area contributed by atoms with Crippen molar-refractivity contribution in [2.75, 3.05) is 0 Å². The van der Waals surface area contributed by atoms with Crippen molar-refractivity contribution < 1.29 is 4.43 Å². The molecule has 0 saturated heterocycles. The molecule has 0 saturated carbocycles. The van der Waals surface area contributed by atoms with Crippen molar-refractivity contribution >= 4 is 8.32 Å². The van der Waals surface area contributed by atoms with E-state index >= 15 is 0 Å². The van der Waals surface area contributed by atoms with Gasteiger partial charge in [0.05, 0.1) is 0 Å². The van der Waals surface area contributed by atoms with Gasteiger partial charge in [0.1, 0.15) is 6.10 Å². The van der Waals surface area contributed by atoms with Gasteiger partial charge in [0, 0.05) is 6.42 Å². The summed E-state index contributed by atoms with van der Waals surface area (Å²) in [6.45, 7) is 15.5. The second-order valence-corrected chi connectivity index (χ2v) is 11.7. The number of unbranched alkanes of at least 4 members (excludes halogenated alkanes) is 3. The molecule has 0 spiro atoms. The summed E-state index contributed by atoms with van der Waals surface area (Å²) >= 11 is 0. The summed E-state index contributed by atoms with van der Waals surface area (Å²) in [6, 6.07) is 0. The van der Waals surface area contributed by atoms with Crippen LogP contribution in [0.2, 0.25) is 18.1 Å². The van der Waals surface area contributed by atoms with Gasteiger partial charge in [-0.25, -0.2) is 0 Å². The molecule has 0 unspecified atom stereocenters. The van der Waals surface area contributed by atoms with E-state index < -0.39 is 8.32 Å². The van der Waals surface area contributed by atoms with E-state index in [1.807, 2.05) is 6.92 Å². The molecule has 0 heterocycles. The van der Waals surface area contributed by atoms with Crippen LogP contribution in [0.3, 0.4) is 0 Å². The Morgan fingerprint density at radius 3 is 2.30 bits per heavy atom. The van der Waals surface area contributed by atoms with Crippen LogP contribution in [-0.2, 0) is 4.43 Å². The second kappa shape index (κ2) is 9.42. The van der Waals surface area contributed by atoms with E-state index in [1.165, 1.54) is 25.7 Å². The van der Waals surface area contributed by atoms with Crippen LogP contribution in [0.15, 0.2) is 12.2 Å². The minimum Gasteiger partial charge on any atom is -0.403 e. The van der Waals surface area contributed by atoms with Crippen molar-refractivity contribution in [1.29, 1.82) is 0 Å². The molecule has 0 amide bonds. The van der Waals surface area contributed by atoms with Crippen LogP contribution < -0.4 is 0 Å². The monoisotopic (exact) mass is 294 g/mol. The zero-order valence-corrected chi connectivity index (χ0v) is 15.7. The van der Waals surface area contributed by atoms with Gasteiger partial charge in [0.2, 0.25) is 0 Å². The Kier molecular flexibility index (Phi) is 9.17. The van der Waals surface area contributed by atoms with Gasteiger partial charge in [-0.05, 0) is 37.9 Å². The van der Waals surface area contributed by atoms with Gasteiger partial charge >= 0.3 is 0 Å². The first-order chi connectivity index (χ1) is 9.24. The molecule has 2 heteroatoms. The second-order valence-electron chi connectivity index (χ2n) is 6.96. The molecule has 0 radical (unpaired) electrons. The number of hydrogen-bond donors (Lipinski definition) is 0. The lowest BCUT2D eigenvalue weighted by Crippen LogP contribution is -2.43. The van der Waals surface area contributed by atoms with Crippen LogP contribution in [0.4, 0.5) is 0 Å². The molecule has 1 atom stereocenters. The Bertz CT molecular complexity index is 339. The zero-order valence-electron chi connectivity index (χ0n) is 14.7. The molecule has 0 aromatic carbocycles. The Balaban J connectivity index is 4.40. The summed E-state index contributed by atoms with van der Waals surface area (Å²) in [5.74, 6) is 6.24. The maximum atomic E-state index is 6.38. The maximum Gasteiger partial charge on any atom is 0.193 e. The van der Waals surface area contributed by atoms with E-state index in [1.54, 1.807) is 0 Å². The van der Waals surface area contributed by atoms with Gasteiger partial charge in [-0.1, -0.05) is 58.6 Å². The van der Waals surface area contributed by atoms with E-state index in [9.17, 15) is 0 Å². The third kappa shape index (κ3) is 7.92. The van der Waals surface area contributed by atoms with Gasteiger partial charge in [0.25, 0.3) is 0 Å². The van der Waals surface area contributed by atoms with Gasteiger partial charge in [-0.2, -0.15) is 0 Å². The number of allylic oxidation sites excluding steroid dienone is 1. The maximum absolute atomic E-state index is 6.38. The zero-order chi connectivity index (χ0) is 15.6. The molecule has 116 valence electrons. The highest BCUT2D eigenvalue weighted by molar-refractivity contribution is 6.74. The lowest BCUT2D eigenvalue weighted by molar-refractivity contribution is 0.236. The number of hydrogen-bond acceptors (Lipinski definition) is 1. The van der Waals surface area contributed by atoms with E-state index in [-0.39, 0.29) is 11.1 Å². The molecule has 0 aromatic rings. The highest BCUT2D eigenvalue weighted by Gasteiger charge is 2.38. The fourth-order valence-electron chi connectivity index (χ4n) is 1.68. The summed E-state index contributed by atoms with van der Waals surface area (Å²) in [6.07, 6.45) is 10.6. The summed E-state index contributed by atoms with van der Waals surface area (Å²) < 4.78 is 6.38. The third-order valence-corrected chi connectivity index (χ3v) is 8.53. The van der Waals surface area contributed by atoms with Crippen LogP contribution in [-0.4, -0.2) is 14.4 Å². The summed E-state index contributed by atoms with van der Waals surface area (Å²) in [4.78, 5) is 0. The van der Waals surface area contributed by atoms with Crippen LogP contribution in [0.25, 0.3) is 0 Å². The third-order valence-electron chi connectivity index (χ3n) is 4.04. The van der Waals surface area contributed by atoms with Crippen LogP contribution in [0, 0.1) is 11.8 Å². The van der Waals surface area contributed by atoms with Crippen LogP contribution >= 0.6 is 0 Å². The van der Waals surface area contributed by atoms with Gasteiger partial charge in [-0.15, -0.1) is 5.92 Å². The fraction of sp³-hybridized carbons (Fsp3) is 0.778. The topological polar surface area (TPSA) is 9.23 Å². The standard InChI is InChI=1S/C18H34OSi/c1-8-10-11-12-13-14-16-17(15-9-2)19-20(6,7)18(3,4)5/h13-14,17H,8,10-12,16H2,1-7H3/b14-13+/t17-/m1/s1. The molecular weight excluding hydrogens is 260 g/mol. The Labute approximate surface area is 128 Å². The Morgan fingerprint density at radius 2 is 1.80 bits per heavy atom. The van der Waals surface area contributed by atoms with E-state index in [4.69, 9.17) is 4.43 Å². The SMILES string of the molecule is CC#C[C@H](C/C=C/CCCCC)O[Si](C)(C)C(C)(C)C. The minimum absolute atomic E-state index is 0.0586. The largest absolute Gasteiger partial charge is 0.403 e. The Hall–Kier alpha value is -0.523. The van der Waals surface area contributed by atoms with Crippen molar-refractivity contribution in [1.82, 2.24) is 0 Å². The molecule has 0 aliphatic heterocycles. The van der Waals surface area contributed by atoms with Gasteiger partial charge in [-0.3, -0.25) is 0 Å². The number of rotatable bonds is 8. The van der Waals surface area contributed by atoms with Crippen LogP contribution in [0.1, 0.15) is 66.7 Å². The average molecular weight is 295 g/mol. The van der Waals surface area contributed by atoms with Gasteiger partial charge < -0.3 is 4.43 Å². The first-order valence-corrected chi connectivity index (χ1v) is 10.9. The molecule has 0 bridgehead atoms. The summed E-state index contributed by atoms with van der Waals surface area (Å²) in [5.41, 5.74) is 0. The predicted octanol–water partition coefficient (Wildman–Crippen LogP) is 5.93. The van der Waals surface area contributed by atoms with Crippen molar-refractivity contribution in [3.63, 3.8) is 0 Å². The Morgan fingerprint density at radius 1 is 1.15 bits per heavy atom. The van der Waals surface area contributed by atoms with E-state index in [0.29, 0.717) is 0 Å². The van der Waals surface area contributed by atoms with E-state index in [0.717, 1.165) is 6.42 Å². The smallest absolute Gasteiger partial charge is 0.193 e. The molecule has 0 aliphatic rings.